The lowest BCUT2D eigenvalue weighted by atomic mass is 10.2. The lowest BCUT2D eigenvalue weighted by Crippen LogP contribution is -2.15. The first-order chi connectivity index (χ1) is 9.56. The smallest absolute Gasteiger partial charge is 0.411 e. The summed E-state index contributed by atoms with van der Waals surface area (Å²) in [5.74, 6) is -1.75. The number of para-hydroxylation sites is 1. The molecule has 0 aliphatic rings. The van der Waals surface area contributed by atoms with Crippen LogP contribution in [0.3, 0.4) is 0 Å². The fourth-order valence-electron chi connectivity index (χ4n) is 1.66. The van der Waals surface area contributed by atoms with Crippen molar-refractivity contribution in [2.45, 2.75) is 32.6 Å². The molecule has 1 aromatic carbocycles. The van der Waals surface area contributed by atoms with E-state index in [4.69, 9.17) is 9.84 Å². The molecular weight excluding hydrogens is 262 g/mol. The Balaban J connectivity index is 2.50. The van der Waals surface area contributed by atoms with Gasteiger partial charge in [0.25, 0.3) is 0 Å². The molecule has 0 unspecified atom stereocenters. The zero-order valence-electron chi connectivity index (χ0n) is 11.4. The molecule has 6 heteroatoms. The highest BCUT2D eigenvalue weighted by Crippen LogP contribution is 2.27. The fourth-order valence-corrected chi connectivity index (χ4v) is 1.66. The third-order valence-corrected chi connectivity index (χ3v) is 2.73. The summed E-state index contributed by atoms with van der Waals surface area (Å²) in [5, 5.41) is 20.9. The maximum atomic E-state index is 11.5. The summed E-state index contributed by atoms with van der Waals surface area (Å²) in [6, 6.07) is 4.08. The monoisotopic (exact) mass is 281 g/mol. The van der Waals surface area contributed by atoms with Crippen LogP contribution < -0.4 is 5.32 Å². The molecule has 6 nitrogen and oxygen atoms in total. The van der Waals surface area contributed by atoms with Gasteiger partial charge < -0.3 is 14.9 Å². The van der Waals surface area contributed by atoms with E-state index in [0.717, 1.165) is 25.7 Å². The van der Waals surface area contributed by atoms with Crippen molar-refractivity contribution in [1.82, 2.24) is 0 Å². The standard InChI is InChI=1S/C14H19NO5/c1-2-3-4-5-9-20-14(19)15-11-8-6-7-10(12(11)16)13(17)18/h6-8,16H,2-5,9H2,1H3,(H,15,19)(H,17,18). The third-order valence-electron chi connectivity index (χ3n) is 2.73. The molecule has 0 fully saturated rings. The Bertz CT molecular complexity index is 473. The molecule has 1 rings (SSSR count). The van der Waals surface area contributed by atoms with Crippen LogP contribution in [0.5, 0.6) is 5.75 Å². The van der Waals surface area contributed by atoms with Gasteiger partial charge in [0.2, 0.25) is 0 Å². The first-order valence-corrected chi connectivity index (χ1v) is 6.55. The van der Waals surface area contributed by atoms with Gasteiger partial charge in [0.05, 0.1) is 12.3 Å². The number of anilines is 1. The molecule has 0 atom stereocenters. The molecule has 0 radical (unpaired) electrons. The lowest BCUT2D eigenvalue weighted by Gasteiger charge is -2.09. The predicted octanol–water partition coefficient (Wildman–Crippen LogP) is 3.22. The lowest BCUT2D eigenvalue weighted by molar-refractivity contribution is 0.0693. The summed E-state index contributed by atoms with van der Waals surface area (Å²) in [4.78, 5) is 22.3. The first kappa shape index (κ1) is 15.8. The van der Waals surface area contributed by atoms with Crippen LogP contribution in [0.25, 0.3) is 0 Å². The molecule has 1 aromatic rings. The summed E-state index contributed by atoms with van der Waals surface area (Å²) in [5.41, 5.74) is -0.255. The van der Waals surface area contributed by atoms with E-state index in [0.29, 0.717) is 6.61 Å². The zero-order chi connectivity index (χ0) is 15.0. The van der Waals surface area contributed by atoms with E-state index < -0.39 is 17.8 Å². The molecule has 3 N–H and O–H groups in total. The minimum absolute atomic E-state index is 0.0171. The summed E-state index contributed by atoms with van der Waals surface area (Å²) in [6.07, 6.45) is 3.25. The van der Waals surface area contributed by atoms with Crippen molar-refractivity contribution >= 4 is 17.7 Å². The average Bonchev–Trinajstić information content (AvgIpc) is 2.40. The number of carboxylic acid groups (broad SMARTS) is 1. The number of hydrogen-bond acceptors (Lipinski definition) is 4. The number of ether oxygens (including phenoxy) is 1. The van der Waals surface area contributed by atoms with Gasteiger partial charge in [0.1, 0.15) is 5.56 Å². The van der Waals surface area contributed by atoms with Gasteiger partial charge in [-0.15, -0.1) is 0 Å². The highest BCUT2D eigenvalue weighted by molar-refractivity contribution is 5.96. The molecule has 1 amide bonds. The van der Waals surface area contributed by atoms with Gasteiger partial charge in [-0.2, -0.15) is 0 Å². The Morgan fingerprint density at radius 3 is 2.65 bits per heavy atom. The summed E-state index contributed by atoms with van der Waals surface area (Å²) < 4.78 is 4.94. The molecule has 0 saturated carbocycles. The van der Waals surface area contributed by atoms with E-state index in [1.165, 1.54) is 18.2 Å². The Labute approximate surface area is 117 Å². The number of benzene rings is 1. The molecule has 0 spiro atoms. The van der Waals surface area contributed by atoms with Gasteiger partial charge in [-0.05, 0) is 18.6 Å². The van der Waals surface area contributed by atoms with Crippen LogP contribution in [0.4, 0.5) is 10.5 Å². The van der Waals surface area contributed by atoms with E-state index in [9.17, 15) is 14.7 Å². The number of amides is 1. The van der Waals surface area contributed by atoms with E-state index in [1.807, 2.05) is 0 Å². The van der Waals surface area contributed by atoms with Gasteiger partial charge >= 0.3 is 12.1 Å². The number of rotatable bonds is 7. The number of aromatic carboxylic acids is 1. The fraction of sp³-hybridized carbons (Fsp3) is 0.429. The van der Waals surface area contributed by atoms with Crippen LogP contribution in [0, 0.1) is 0 Å². The summed E-state index contributed by atoms with van der Waals surface area (Å²) >= 11 is 0. The Morgan fingerprint density at radius 1 is 1.25 bits per heavy atom. The van der Waals surface area contributed by atoms with Gasteiger partial charge in [0, 0.05) is 0 Å². The van der Waals surface area contributed by atoms with E-state index in [2.05, 4.69) is 12.2 Å². The molecule has 0 heterocycles. The second kappa shape index (κ2) is 8.04. The van der Waals surface area contributed by atoms with Gasteiger partial charge in [-0.1, -0.05) is 32.3 Å². The molecular formula is C14H19NO5. The first-order valence-electron chi connectivity index (χ1n) is 6.55. The van der Waals surface area contributed by atoms with Crippen molar-refractivity contribution < 1.29 is 24.5 Å². The second-order valence-corrected chi connectivity index (χ2v) is 4.33. The molecule has 20 heavy (non-hydrogen) atoms. The minimum atomic E-state index is -1.26. The number of hydrogen-bond donors (Lipinski definition) is 3. The van der Waals surface area contributed by atoms with Gasteiger partial charge in [0.15, 0.2) is 5.75 Å². The Morgan fingerprint density at radius 2 is 2.00 bits per heavy atom. The minimum Gasteiger partial charge on any atom is -0.505 e. The molecule has 0 saturated heterocycles. The van der Waals surface area contributed by atoms with Crippen molar-refractivity contribution in [3.05, 3.63) is 23.8 Å². The number of phenols is 1. The van der Waals surface area contributed by atoms with E-state index in [-0.39, 0.29) is 11.3 Å². The van der Waals surface area contributed by atoms with Crippen molar-refractivity contribution in [3.8, 4) is 5.75 Å². The number of aromatic hydroxyl groups is 1. The number of nitrogens with one attached hydrogen (secondary N) is 1. The van der Waals surface area contributed by atoms with Crippen molar-refractivity contribution in [1.29, 1.82) is 0 Å². The Hall–Kier alpha value is -2.24. The van der Waals surface area contributed by atoms with Crippen LogP contribution >= 0.6 is 0 Å². The number of carbonyl (C=O) groups is 2. The third kappa shape index (κ3) is 4.79. The topological polar surface area (TPSA) is 95.9 Å². The quantitative estimate of drug-likeness (QED) is 0.526. The van der Waals surface area contributed by atoms with Crippen LogP contribution in [-0.2, 0) is 4.74 Å². The van der Waals surface area contributed by atoms with Gasteiger partial charge in [-0.25, -0.2) is 9.59 Å². The molecule has 110 valence electrons. The molecule has 0 bridgehead atoms. The maximum absolute atomic E-state index is 11.5. The summed E-state index contributed by atoms with van der Waals surface area (Å²) in [7, 11) is 0. The highest BCUT2D eigenvalue weighted by Gasteiger charge is 2.14. The van der Waals surface area contributed by atoms with Crippen LogP contribution in [0.1, 0.15) is 43.0 Å². The van der Waals surface area contributed by atoms with Crippen LogP contribution in [0.2, 0.25) is 0 Å². The zero-order valence-corrected chi connectivity index (χ0v) is 11.4. The normalized spacial score (nSPS) is 10.1. The largest absolute Gasteiger partial charge is 0.505 e. The SMILES string of the molecule is CCCCCCOC(=O)Nc1cccc(C(=O)O)c1O. The average molecular weight is 281 g/mol. The van der Waals surface area contributed by atoms with E-state index >= 15 is 0 Å². The second-order valence-electron chi connectivity index (χ2n) is 4.33. The molecule has 0 aromatic heterocycles. The van der Waals surface area contributed by atoms with Crippen molar-refractivity contribution in [2.24, 2.45) is 0 Å². The highest BCUT2D eigenvalue weighted by atomic mass is 16.5. The number of unbranched alkanes of at least 4 members (excludes halogenated alkanes) is 3. The molecule has 0 aliphatic carbocycles. The number of carboxylic acids is 1. The van der Waals surface area contributed by atoms with Gasteiger partial charge in [-0.3, -0.25) is 5.32 Å². The maximum Gasteiger partial charge on any atom is 0.411 e. The van der Waals surface area contributed by atoms with Crippen molar-refractivity contribution in [3.63, 3.8) is 0 Å². The van der Waals surface area contributed by atoms with Crippen LogP contribution in [0.15, 0.2) is 18.2 Å². The predicted molar refractivity (Wildman–Crippen MR) is 74.2 cm³/mol. The Kier molecular flexibility index (Phi) is 6.36. The van der Waals surface area contributed by atoms with E-state index in [1.54, 1.807) is 0 Å². The summed E-state index contributed by atoms with van der Waals surface area (Å²) in [6.45, 7) is 2.39. The molecule has 0 aliphatic heterocycles. The van der Waals surface area contributed by atoms with Crippen LogP contribution in [-0.4, -0.2) is 28.9 Å². The van der Waals surface area contributed by atoms with Crippen molar-refractivity contribution in [2.75, 3.05) is 11.9 Å². The number of carbonyl (C=O) groups excluding carboxylic acids is 1.